The Morgan fingerprint density at radius 1 is 0.448 bits per heavy atom. The van der Waals surface area contributed by atoms with E-state index in [1.165, 1.54) is 11.8 Å². The summed E-state index contributed by atoms with van der Waals surface area (Å²) in [6.45, 7) is 12.2. The topological polar surface area (TPSA) is 266 Å². The average molecular weight is 1320 g/mol. The van der Waals surface area contributed by atoms with Crippen molar-refractivity contribution >= 4 is 53.0 Å². The van der Waals surface area contributed by atoms with Gasteiger partial charge in [-0.05, 0) is 110 Å². The largest absolute Gasteiger partial charge is 0.472 e. The molecular weight excluding hydrogens is 1230 g/mol. The molecule has 0 radical (unpaired) electrons. The zero-order valence-electron chi connectivity index (χ0n) is 54.9. The van der Waals surface area contributed by atoms with Gasteiger partial charge in [-0.1, -0.05) is 103 Å². The lowest BCUT2D eigenvalue weighted by atomic mass is 10.1. The minimum atomic E-state index is -0.490. The third-order valence-electron chi connectivity index (χ3n) is 16.2. The van der Waals surface area contributed by atoms with Crippen molar-refractivity contribution in [3.63, 3.8) is 0 Å². The van der Waals surface area contributed by atoms with Gasteiger partial charge in [-0.3, -0.25) is 14.4 Å². The Bertz CT molecular complexity index is 4000. The van der Waals surface area contributed by atoms with Gasteiger partial charge < -0.3 is 70.4 Å². The number of carbonyl (C=O) groups is 3. The smallest absolute Gasteiger partial charge is 0.263 e. The van der Waals surface area contributed by atoms with E-state index in [0.29, 0.717) is 89.9 Å². The Kier molecular flexibility index (Phi) is 24.0. The van der Waals surface area contributed by atoms with Crippen LogP contribution in [0, 0.1) is 0 Å². The first-order valence-corrected chi connectivity index (χ1v) is 32.5. The maximum Gasteiger partial charge on any atom is 0.263 e. The highest BCUT2D eigenvalue weighted by molar-refractivity contribution is 7.99. The van der Waals surface area contributed by atoms with Crippen molar-refractivity contribution in [1.82, 2.24) is 44.6 Å². The maximum atomic E-state index is 11.5. The lowest BCUT2D eigenvalue weighted by molar-refractivity contribution is 0.0991. The summed E-state index contributed by atoms with van der Waals surface area (Å²) in [6.07, 6.45) is 5.88. The molecule has 24 heteroatoms. The SMILES string of the molecule is CN1CCN(c2ncc(Cc3ccc(C(N)=O)cc3)c(OCc3ccccc3)n2)CC1.CN1CCN(c2ncc(Oc3ccc(C(N)=O)cc3)c(OCc3cccc(N(C)C)c3)n2)CC1.CN1CCN(c2ncc(Sc3cccc(C(N)=O)c3)c(OCc3ccccc3)n2)CC1. The lowest BCUT2D eigenvalue weighted by Crippen LogP contribution is -2.45. The number of hydrogen-bond donors (Lipinski definition) is 3. The number of amides is 3. The molecular formula is C72H82N16O7S. The maximum absolute atomic E-state index is 11.5. The second-order valence-corrected chi connectivity index (χ2v) is 24.8. The van der Waals surface area contributed by atoms with Crippen molar-refractivity contribution < 1.29 is 33.3 Å². The summed E-state index contributed by atoms with van der Waals surface area (Å²) in [7, 11) is 10.4. The molecule has 6 aromatic carbocycles. The summed E-state index contributed by atoms with van der Waals surface area (Å²) >= 11 is 1.45. The molecule has 9 aromatic rings. The monoisotopic (exact) mass is 1310 g/mol. The first-order chi connectivity index (χ1) is 46.5. The highest BCUT2D eigenvalue weighted by atomic mass is 32.2. The van der Waals surface area contributed by atoms with E-state index in [4.69, 9.17) is 51.1 Å². The van der Waals surface area contributed by atoms with Crippen LogP contribution in [0.25, 0.3) is 0 Å². The molecule has 498 valence electrons. The van der Waals surface area contributed by atoms with Crippen LogP contribution in [0.2, 0.25) is 0 Å². The first-order valence-electron chi connectivity index (χ1n) is 31.7. The van der Waals surface area contributed by atoms with Gasteiger partial charge in [-0.15, -0.1) is 0 Å². The van der Waals surface area contributed by atoms with Gasteiger partial charge in [0.1, 0.15) is 25.6 Å². The fourth-order valence-electron chi connectivity index (χ4n) is 10.3. The second kappa shape index (κ2) is 33.6. The number of rotatable bonds is 22. The van der Waals surface area contributed by atoms with Crippen molar-refractivity contribution in [1.29, 1.82) is 0 Å². The molecule has 6 N–H and O–H groups in total. The van der Waals surface area contributed by atoms with Gasteiger partial charge in [-0.2, -0.15) is 15.0 Å². The number of benzene rings is 6. The standard InChI is InChI=1S/C25H30N6O3.C24H27N5O2.C23H25N5O2S/c1-29(2)20-6-4-5-18(15-20)17-33-24-22(34-21-9-7-19(8-10-21)23(26)32)16-27-25(28-24)31-13-11-30(3)12-14-31;1-28-11-13-29(14-12-28)24-26-16-21(15-18-7-9-20(10-8-18)22(25)30)23(27-24)31-17-19-5-3-2-4-6-19;1-27-10-12-28(13-11-27)23-25-15-20(31-19-9-5-8-18(14-19)21(24)29)22(26-23)30-16-17-6-3-2-4-7-17/h4-10,15-16H,11-14,17H2,1-3H3,(H2,26,32);2-10,16H,11-15,17H2,1H3,(H2,25,30);2-9,14-15H,10-13,16H2,1H3,(H2,24,29). The first kappa shape index (κ1) is 68.5. The summed E-state index contributed by atoms with van der Waals surface area (Å²) in [5.41, 5.74) is 23.7. The summed E-state index contributed by atoms with van der Waals surface area (Å²) in [5, 5.41) is 0. The molecule has 3 fully saturated rings. The minimum Gasteiger partial charge on any atom is -0.472 e. The summed E-state index contributed by atoms with van der Waals surface area (Å²) in [6, 6.07) is 49.2. The number of hydrogen-bond acceptors (Lipinski definition) is 21. The molecule has 0 aliphatic carbocycles. The van der Waals surface area contributed by atoms with E-state index < -0.39 is 17.7 Å². The molecule has 3 aromatic heterocycles. The molecule has 0 unspecified atom stereocenters. The Hall–Kier alpha value is -10.4. The number of primary amides is 3. The number of nitrogens with zero attached hydrogens (tertiary/aromatic N) is 13. The van der Waals surface area contributed by atoms with Gasteiger partial charge >= 0.3 is 0 Å². The van der Waals surface area contributed by atoms with Gasteiger partial charge in [0.05, 0.1) is 17.3 Å². The predicted octanol–water partition coefficient (Wildman–Crippen LogP) is 8.32. The minimum absolute atomic E-state index is 0.331. The fourth-order valence-corrected chi connectivity index (χ4v) is 11.2. The number of carbonyl (C=O) groups excluding carboxylic acids is 3. The number of aromatic nitrogens is 6. The van der Waals surface area contributed by atoms with Gasteiger partial charge in [-0.25, -0.2) is 15.0 Å². The van der Waals surface area contributed by atoms with Crippen LogP contribution in [0.4, 0.5) is 23.5 Å². The summed E-state index contributed by atoms with van der Waals surface area (Å²) in [4.78, 5) is 79.3. The number of anilines is 4. The highest BCUT2D eigenvalue weighted by Crippen LogP contribution is 2.36. The Morgan fingerprint density at radius 3 is 1.43 bits per heavy atom. The van der Waals surface area contributed by atoms with Crippen LogP contribution >= 0.6 is 11.8 Å². The van der Waals surface area contributed by atoms with Gasteiger partial charge in [0.2, 0.25) is 53.1 Å². The average Bonchev–Trinajstić information content (AvgIpc) is 1.57. The van der Waals surface area contributed by atoms with E-state index in [1.54, 1.807) is 60.9 Å². The highest BCUT2D eigenvalue weighted by Gasteiger charge is 2.24. The third kappa shape index (κ3) is 19.8. The molecule has 0 spiro atoms. The quantitative estimate of drug-likeness (QED) is 0.0575. The van der Waals surface area contributed by atoms with E-state index >= 15 is 0 Å². The number of ether oxygens (including phenoxy) is 4. The molecule has 12 rings (SSSR count). The van der Waals surface area contributed by atoms with Crippen molar-refractivity contribution in [3.05, 3.63) is 221 Å². The van der Waals surface area contributed by atoms with Crippen molar-refractivity contribution in [2.45, 2.75) is 36.0 Å². The molecule has 3 amide bonds. The number of nitrogens with two attached hydrogens (primary N) is 3. The zero-order chi connectivity index (χ0) is 67.3. The normalized spacial score (nSPS) is 14.3. The van der Waals surface area contributed by atoms with Crippen molar-refractivity contribution in [2.75, 3.05) is 133 Å². The molecule has 0 saturated carbocycles. The van der Waals surface area contributed by atoms with Crippen LogP contribution < -0.4 is 55.7 Å². The second-order valence-electron chi connectivity index (χ2n) is 23.7. The molecule has 3 saturated heterocycles. The Morgan fingerprint density at radius 2 is 0.896 bits per heavy atom. The Labute approximate surface area is 564 Å². The zero-order valence-corrected chi connectivity index (χ0v) is 55.7. The van der Waals surface area contributed by atoms with E-state index in [-0.39, 0.29) is 0 Å². The van der Waals surface area contributed by atoms with E-state index in [9.17, 15) is 14.4 Å². The van der Waals surface area contributed by atoms with E-state index in [2.05, 4.69) is 71.6 Å². The molecule has 23 nitrogen and oxygen atoms in total. The molecule has 6 heterocycles. The predicted molar refractivity (Wildman–Crippen MR) is 374 cm³/mol. The van der Waals surface area contributed by atoms with Crippen LogP contribution in [0.3, 0.4) is 0 Å². The molecule has 3 aliphatic rings. The van der Waals surface area contributed by atoms with Crippen LogP contribution in [0.1, 0.15) is 58.9 Å². The summed E-state index contributed by atoms with van der Waals surface area (Å²) in [5.74, 6) is 3.01. The fraction of sp³-hybridized carbons (Fsp3) is 0.292. The Balaban J connectivity index is 0.000000157. The van der Waals surface area contributed by atoms with Crippen LogP contribution in [0.5, 0.6) is 29.1 Å². The van der Waals surface area contributed by atoms with Gasteiger partial charge in [0.25, 0.3) is 5.88 Å². The van der Waals surface area contributed by atoms with Gasteiger partial charge in [0.15, 0.2) is 0 Å². The molecule has 0 atom stereocenters. The lowest BCUT2D eigenvalue weighted by Gasteiger charge is -2.32. The van der Waals surface area contributed by atoms with Crippen molar-refractivity contribution in [2.24, 2.45) is 17.2 Å². The van der Waals surface area contributed by atoms with E-state index in [1.807, 2.05) is 128 Å². The van der Waals surface area contributed by atoms with Crippen LogP contribution in [-0.2, 0) is 26.2 Å². The summed E-state index contributed by atoms with van der Waals surface area (Å²) < 4.78 is 24.4. The third-order valence-corrected chi connectivity index (χ3v) is 17.2. The van der Waals surface area contributed by atoms with E-state index in [0.717, 1.165) is 122 Å². The van der Waals surface area contributed by atoms with Crippen molar-refractivity contribution in [3.8, 4) is 29.1 Å². The molecule has 0 bridgehead atoms. The van der Waals surface area contributed by atoms with Crippen LogP contribution in [0.15, 0.2) is 186 Å². The van der Waals surface area contributed by atoms with Gasteiger partial charge in [0, 0.05) is 138 Å². The van der Waals surface area contributed by atoms with Crippen LogP contribution in [-0.4, -0.2) is 176 Å². The number of likely N-dealkylation sites (N-methyl/N-ethyl adjacent to an activating group) is 3. The molecule has 3 aliphatic heterocycles. The molecule has 96 heavy (non-hydrogen) atoms. The number of piperazine rings is 3.